The normalized spacial score (nSPS) is 29.9. The molecule has 1 heterocycles. The Bertz CT molecular complexity index is 107. The molecule has 0 N–H and O–H groups in total. The summed E-state index contributed by atoms with van der Waals surface area (Å²) in [5.41, 5.74) is 0. The molecule has 0 saturated carbocycles. The van der Waals surface area contributed by atoms with Crippen molar-refractivity contribution in [2.24, 2.45) is 0 Å². The molecule has 0 spiro atoms. The van der Waals surface area contributed by atoms with Crippen molar-refractivity contribution >= 4 is 8.25 Å². The van der Waals surface area contributed by atoms with Crippen LogP contribution in [0.5, 0.6) is 0 Å². The summed E-state index contributed by atoms with van der Waals surface area (Å²) in [4.78, 5) is 0. The first kappa shape index (κ1) is 7.13. The maximum atomic E-state index is 10.2. The van der Waals surface area contributed by atoms with Gasteiger partial charge in [0.2, 0.25) is 0 Å². The van der Waals surface area contributed by atoms with E-state index in [0.717, 1.165) is 19.3 Å². The van der Waals surface area contributed by atoms with Crippen molar-refractivity contribution < 1.29 is 13.6 Å². The maximum Gasteiger partial charge on any atom is 0.703 e. The Hall–Kier alpha value is 0.0200. The van der Waals surface area contributed by atoms with Gasteiger partial charge in [-0.15, -0.1) is 0 Å². The highest BCUT2D eigenvalue weighted by Crippen LogP contribution is 2.41. The molecular formula is C5H10O3P+. The predicted octanol–water partition coefficient (Wildman–Crippen LogP) is 2.21. The van der Waals surface area contributed by atoms with Crippen LogP contribution in [-0.2, 0) is 13.6 Å². The zero-order valence-electron chi connectivity index (χ0n) is 5.37. The largest absolute Gasteiger partial charge is 0.703 e. The van der Waals surface area contributed by atoms with Crippen LogP contribution in [0.2, 0.25) is 0 Å². The van der Waals surface area contributed by atoms with Crippen molar-refractivity contribution in [3.05, 3.63) is 0 Å². The fourth-order valence-electron chi connectivity index (χ4n) is 0.676. The lowest BCUT2D eigenvalue weighted by Gasteiger charge is -2.09. The number of unbranched alkanes of at least 4 members (excludes halogenated alkanes) is 1. The summed E-state index contributed by atoms with van der Waals surface area (Å²) in [6.07, 6.45) is 2.90. The van der Waals surface area contributed by atoms with Crippen molar-refractivity contribution in [3.63, 3.8) is 0 Å². The minimum atomic E-state index is -1.72. The average molecular weight is 149 g/mol. The van der Waals surface area contributed by atoms with Crippen molar-refractivity contribution in [2.45, 2.75) is 32.5 Å². The Labute approximate surface area is 55.3 Å². The van der Waals surface area contributed by atoms with Crippen LogP contribution in [0.25, 0.3) is 0 Å². The highest BCUT2D eigenvalue weighted by Gasteiger charge is 2.44. The van der Waals surface area contributed by atoms with Crippen LogP contribution < -0.4 is 0 Å². The van der Waals surface area contributed by atoms with E-state index in [1.807, 2.05) is 0 Å². The summed E-state index contributed by atoms with van der Waals surface area (Å²) in [6, 6.07) is 0. The summed E-state index contributed by atoms with van der Waals surface area (Å²) in [6.45, 7) is 2.10. The summed E-state index contributed by atoms with van der Waals surface area (Å²) < 4.78 is 19.6. The third-order valence-corrected chi connectivity index (χ3v) is 2.02. The molecule has 0 aromatic rings. The SMILES string of the molecule is CCCCC1O[P+](=O)O1. The summed E-state index contributed by atoms with van der Waals surface area (Å²) in [5, 5.41) is 0. The lowest BCUT2D eigenvalue weighted by molar-refractivity contribution is -0.0821. The average Bonchev–Trinajstić information content (AvgIpc) is 1.78. The summed E-state index contributed by atoms with van der Waals surface area (Å²) >= 11 is 0. The van der Waals surface area contributed by atoms with Gasteiger partial charge < -0.3 is 0 Å². The molecule has 0 atom stereocenters. The van der Waals surface area contributed by atoms with Gasteiger partial charge in [-0.05, 0) is 6.42 Å². The van der Waals surface area contributed by atoms with E-state index in [0.29, 0.717) is 0 Å². The topological polar surface area (TPSA) is 35.5 Å². The molecule has 1 aliphatic heterocycles. The molecule has 0 amide bonds. The fraction of sp³-hybridized carbons (Fsp3) is 1.00. The standard InChI is InChI=1S/C5H10O3P/c1-2-3-4-5-7-9(6)8-5/h5H,2-4H2,1H3/q+1. The minimum absolute atomic E-state index is 0.173. The van der Waals surface area contributed by atoms with Crippen LogP contribution in [0.15, 0.2) is 0 Å². The number of hydrogen-bond acceptors (Lipinski definition) is 3. The zero-order chi connectivity index (χ0) is 6.69. The zero-order valence-corrected chi connectivity index (χ0v) is 6.27. The predicted molar refractivity (Wildman–Crippen MR) is 33.1 cm³/mol. The van der Waals surface area contributed by atoms with Crippen LogP contribution in [0.4, 0.5) is 0 Å². The van der Waals surface area contributed by atoms with Gasteiger partial charge in [-0.25, -0.2) is 0 Å². The third kappa shape index (κ3) is 2.01. The van der Waals surface area contributed by atoms with E-state index in [1.165, 1.54) is 0 Å². The van der Waals surface area contributed by atoms with Gasteiger partial charge in [0, 0.05) is 11.0 Å². The molecule has 0 aromatic heterocycles. The molecule has 1 aliphatic rings. The molecule has 52 valence electrons. The first-order chi connectivity index (χ1) is 4.33. The van der Waals surface area contributed by atoms with E-state index in [1.54, 1.807) is 0 Å². The second-order valence-corrected chi connectivity index (χ2v) is 2.88. The van der Waals surface area contributed by atoms with Crippen LogP contribution in [0, 0.1) is 0 Å². The van der Waals surface area contributed by atoms with Gasteiger partial charge in [0.1, 0.15) is 0 Å². The van der Waals surface area contributed by atoms with Crippen LogP contribution in [0.3, 0.4) is 0 Å². The van der Waals surface area contributed by atoms with E-state index in [4.69, 9.17) is 9.05 Å². The van der Waals surface area contributed by atoms with Crippen LogP contribution >= 0.6 is 8.25 Å². The Morgan fingerprint density at radius 3 is 2.67 bits per heavy atom. The molecule has 1 rings (SSSR count). The second-order valence-electron chi connectivity index (χ2n) is 2.01. The van der Waals surface area contributed by atoms with Crippen molar-refractivity contribution in [2.75, 3.05) is 0 Å². The number of hydrogen-bond donors (Lipinski definition) is 0. The van der Waals surface area contributed by atoms with Gasteiger partial charge in [-0.2, -0.15) is 0 Å². The Morgan fingerprint density at radius 2 is 2.22 bits per heavy atom. The maximum absolute atomic E-state index is 10.2. The minimum Gasteiger partial charge on any atom is -0.0816 e. The van der Waals surface area contributed by atoms with E-state index in [9.17, 15) is 4.57 Å². The quantitative estimate of drug-likeness (QED) is 0.577. The Morgan fingerprint density at radius 1 is 1.56 bits per heavy atom. The molecule has 9 heavy (non-hydrogen) atoms. The van der Waals surface area contributed by atoms with E-state index < -0.39 is 8.25 Å². The Balaban J connectivity index is 1.97. The molecule has 1 saturated heterocycles. The van der Waals surface area contributed by atoms with E-state index in [-0.39, 0.29) is 6.29 Å². The van der Waals surface area contributed by atoms with Crippen molar-refractivity contribution in [1.29, 1.82) is 0 Å². The molecule has 0 radical (unpaired) electrons. The summed E-state index contributed by atoms with van der Waals surface area (Å²) in [7, 11) is -1.72. The van der Waals surface area contributed by atoms with Gasteiger partial charge in [0.25, 0.3) is 6.29 Å². The van der Waals surface area contributed by atoms with E-state index in [2.05, 4.69) is 6.92 Å². The van der Waals surface area contributed by atoms with Crippen molar-refractivity contribution in [3.8, 4) is 0 Å². The molecular weight excluding hydrogens is 139 g/mol. The van der Waals surface area contributed by atoms with Gasteiger partial charge in [-0.3, -0.25) is 0 Å². The molecule has 0 aliphatic carbocycles. The second kappa shape index (κ2) is 3.25. The molecule has 1 fully saturated rings. The lowest BCUT2D eigenvalue weighted by atomic mass is 10.2. The highest BCUT2D eigenvalue weighted by molar-refractivity contribution is 7.34. The van der Waals surface area contributed by atoms with Gasteiger partial charge in [0.05, 0.1) is 0 Å². The van der Waals surface area contributed by atoms with Crippen LogP contribution in [-0.4, -0.2) is 6.29 Å². The fourth-order valence-corrected chi connectivity index (χ4v) is 1.29. The smallest absolute Gasteiger partial charge is 0.0816 e. The third-order valence-electron chi connectivity index (χ3n) is 1.20. The number of rotatable bonds is 3. The van der Waals surface area contributed by atoms with Gasteiger partial charge in [0.15, 0.2) is 0 Å². The molecule has 0 bridgehead atoms. The lowest BCUT2D eigenvalue weighted by Crippen LogP contribution is -2.19. The highest BCUT2D eigenvalue weighted by atomic mass is 31.1. The van der Waals surface area contributed by atoms with Crippen LogP contribution in [0.1, 0.15) is 26.2 Å². The van der Waals surface area contributed by atoms with E-state index >= 15 is 0 Å². The van der Waals surface area contributed by atoms with Gasteiger partial charge in [-0.1, -0.05) is 22.4 Å². The molecule has 4 heteroatoms. The van der Waals surface area contributed by atoms with Gasteiger partial charge >= 0.3 is 8.25 Å². The van der Waals surface area contributed by atoms with Crippen molar-refractivity contribution in [1.82, 2.24) is 0 Å². The first-order valence-corrected chi connectivity index (χ1v) is 4.23. The monoisotopic (exact) mass is 149 g/mol. The molecule has 3 nitrogen and oxygen atoms in total. The Kier molecular flexibility index (Phi) is 2.58. The molecule has 0 aromatic carbocycles. The first-order valence-electron chi connectivity index (χ1n) is 3.13. The summed E-state index contributed by atoms with van der Waals surface area (Å²) in [5.74, 6) is 0. The molecule has 0 unspecified atom stereocenters.